The summed E-state index contributed by atoms with van der Waals surface area (Å²) in [6, 6.07) is 15.3. The van der Waals surface area contributed by atoms with Gasteiger partial charge >= 0.3 is 0 Å². The van der Waals surface area contributed by atoms with Gasteiger partial charge in [0.1, 0.15) is 12.1 Å². The zero-order chi connectivity index (χ0) is 23.1. The molecule has 8 nitrogen and oxygen atoms in total. The van der Waals surface area contributed by atoms with Crippen molar-refractivity contribution in [3.8, 4) is 28.8 Å². The molecule has 0 saturated carbocycles. The van der Waals surface area contributed by atoms with Crippen molar-refractivity contribution in [3.63, 3.8) is 0 Å². The minimum Gasteiger partial charge on any atom is -0.493 e. The first kappa shape index (κ1) is 20.7. The first-order chi connectivity index (χ1) is 16.0. The zero-order valence-corrected chi connectivity index (χ0v) is 18.7. The summed E-state index contributed by atoms with van der Waals surface area (Å²) >= 11 is 0. The topological polar surface area (TPSA) is 87.8 Å². The van der Waals surface area contributed by atoms with Gasteiger partial charge in [0.25, 0.3) is 0 Å². The van der Waals surface area contributed by atoms with E-state index in [0.717, 1.165) is 11.1 Å². The fourth-order valence-electron chi connectivity index (χ4n) is 4.27. The fraction of sp³-hybridized carbons (Fsp3) is 0.200. The molecular formula is C25H22N4O4. The quantitative estimate of drug-likeness (QED) is 0.458. The van der Waals surface area contributed by atoms with E-state index in [1.807, 2.05) is 48.5 Å². The number of aromatic nitrogens is 4. The van der Waals surface area contributed by atoms with Gasteiger partial charge in [-0.25, -0.2) is 14.5 Å². The molecule has 0 spiro atoms. The molecular weight excluding hydrogens is 420 g/mol. The number of fused-ring (bicyclic) bond motifs is 3. The fourth-order valence-corrected chi connectivity index (χ4v) is 4.27. The lowest BCUT2D eigenvalue weighted by Gasteiger charge is -2.28. The van der Waals surface area contributed by atoms with E-state index in [0.29, 0.717) is 45.7 Å². The maximum Gasteiger partial charge on any atom is 0.228 e. The van der Waals surface area contributed by atoms with Gasteiger partial charge in [-0.1, -0.05) is 30.3 Å². The molecule has 2 aromatic heterocycles. The second-order valence-corrected chi connectivity index (χ2v) is 7.71. The normalized spacial score (nSPS) is 15.2. The predicted molar refractivity (Wildman–Crippen MR) is 122 cm³/mol. The molecule has 0 N–H and O–H groups in total. The largest absolute Gasteiger partial charge is 0.493 e. The van der Waals surface area contributed by atoms with E-state index in [2.05, 4.69) is 10.1 Å². The second kappa shape index (κ2) is 8.05. The number of allylic oxidation sites excluding steroid dienone is 2. The van der Waals surface area contributed by atoms with Crippen LogP contribution in [-0.4, -0.2) is 39.6 Å². The number of hydrogen-bond donors (Lipinski definition) is 0. The summed E-state index contributed by atoms with van der Waals surface area (Å²) in [5.74, 6) is 2.23. The smallest absolute Gasteiger partial charge is 0.228 e. The van der Waals surface area contributed by atoms with E-state index in [1.54, 1.807) is 38.9 Å². The number of Topliss-reactive ketones (excluding diaryl/α,β-unsaturated/α-hetero) is 1. The van der Waals surface area contributed by atoms with Crippen molar-refractivity contribution in [2.75, 3.05) is 14.2 Å². The lowest BCUT2D eigenvalue weighted by molar-refractivity contribution is -0.114. The van der Waals surface area contributed by atoms with Crippen molar-refractivity contribution in [2.24, 2.45) is 0 Å². The number of carbonyl (C=O) groups is 1. The van der Waals surface area contributed by atoms with E-state index in [1.165, 1.54) is 0 Å². The van der Waals surface area contributed by atoms with Gasteiger partial charge in [0.05, 0.1) is 19.8 Å². The molecule has 4 aromatic rings. The number of ether oxygens (including phenoxy) is 3. The number of hydrogen-bond acceptors (Lipinski definition) is 7. The lowest BCUT2D eigenvalue weighted by atomic mass is 9.82. The Morgan fingerprint density at radius 3 is 2.52 bits per heavy atom. The molecule has 1 aliphatic rings. The van der Waals surface area contributed by atoms with Crippen LogP contribution in [0.25, 0.3) is 17.0 Å². The van der Waals surface area contributed by atoms with Gasteiger partial charge in [-0.05, 0) is 37.6 Å². The minimum atomic E-state index is -0.369. The number of ketones is 1. The van der Waals surface area contributed by atoms with Gasteiger partial charge in [-0.3, -0.25) is 4.79 Å². The third kappa shape index (κ3) is 3.40. The Bertz CT molecular complexity index is 1410. The predicted octanol–water partition coefficient (Wildman–Crippen LogP) is 4.20. The molecule has 0 aliphatic carbocycles. The third-order valence-electron chi connectivity index (χ3n) is 5.75. The highest BCUT2D eigenvalue weighted by molar-refractivity contribution is 5.97. The minimum absolute atomic E-state index is 0.0614. The SMILES string of the molecule is COc1ccc(-c2nc3c4c(ncn3n2)OC(C)=C(C(C)=O)[C@H]4c2ccccc2)cc1OC. The van der Waals surface area contributed by atoms with Gasteiger partial charge < -0.3 is 14.2 Å². The average molecular weight is 442 g/mol. The van der Waals surface area contributed by atoms with Gasteiger partial charge in [0, 0.05) is 17.1 Å². The van der Waals surface area contributed by atoms with Crippen LogP contribution in [0.1, 0.15) is 30.9 Å². The van der Waals surface area contributed by atoms with E-state index in [4.69, 9.17) is 19.2 Å². The van der Waals surface area contributed by atoms with Crippen molar-refractivity contribution >= 4 is 11.4 Å². The molecule has 33 heavy (non-hydrogen) atoms. The Morgan fingerprint density at radius 1 is 1.06 bits per heavy atom. The van der Waals surface area contributed by atoms with Crippen LogP contribution in [-0.2, 0) is 4.79 Å². The summed E-state index contributed by atoms with van der Waals surface area (Å²) in [6.07, 6.45) is 1.57. The van der Waals surface area contributed by atoms with Crippen molar-refractivity contribution in [2.45, 2.75) is 19.8 Å². The second-order valence-electron chi connectivity index (χ2n) is 7.71. The monoisotopic (exact) mass is 442 g/mol. The Morgan fingerprint density at radius 2 is 1.82 bits per heavy atom. The summed E-state index contributed by atoms with van der Waals surface area (Å²) in [5.41, 5.74) is 3.58. The maximum absolute atomic E-state index is 12.7. The number of carbonyl (C=O) groups excluding carboxylic acids is 1. The zero-order valence-electron chi connectivity index (χ0n) is 18.7. The van der Waals surface area contributed by atoms with Crippen LogP contribution < -0.4 is 14.2 Å². The molecule has 2 aromatic carbocycles. The van der Waals surface area contributed by atoms with Crippen LogP contribution in [0.15, 0.2) is 66.2 Å². The summed E-state index contributed by atoms with van der Waals surface area (Å²) in [4.78, 5) is 22.0. The highest BCUT2D eigenvalue weighted by Gasteiger charge is 2.35. The van der Waals surface area contributed by atoms with Crippen molar-refractivity contribution in [1.82, 2.24) is 19.6 Å². The standard InChI is InChI=1S/C25H22N4O4/c1-14(30)20-15(2)33-25-22(21(20)16-8-6-5-7-9-16)24-27-23(28-29(24)13-26-25)17-10-11-18(31-3)19(12-17)32-4/h5-13,21H,1-4H3/t21-/m1/s1. The van der Waals surface area contributed by atoms with Crippen molar-refractivity contribution in [1.29, 1.82) is 0 Å². The number of rotatable bonds is 5. The molecule has 166 valence electrons. The molecule has 5 rings (SSSR count). The Hall–Kier alpha value is -4.20. The van der Waals surface area contributed by atoms with Gasteiger partial charge in [0.15, 0.2) is 28.8 Å². The molecule has 0 amide bonds. The number of nitrogens with zero attached hydrogens (tertiary/aromatic N) is 4. The maximum atomic E-state index is 12.7. The molecule has 0 saturated heterocycles. The Balaban J connectivity index is 1.73. The molecule has 8 heteroatoms. The molecule has 0 bridgehead atoms. The third-order valence-corrected chi connectivity index (χ3v) is 5.75. The first-order valence-electron chi connectivity index (χ1n) is 10.4. The van der Waals surface area contributed by atoms with Crippen LogP contribution in [0.2, 0.25) is 0 Å². The van der Waals surface area contributed by atoms with Gasteiger partial charge in [-0.15, -0.1) is 5.10 Å². The summed E-state index contributed by atoms with van der Waals surface area (Å²) in [7, 11) is 3.17. The van der Waals surface area contributed by atoms with Gasteiger partial charge in [-0.2, -0.15) is 0 Å². The average Bonchev–Trinajstić information content (AvgIpc) is 3.27. The van der Waals surface area contributed by atoms with E-state index in [-0.39, 0.29) is 11.7 Å². The Kier molecular flexibility index (Phi) is 5.05. The number of methoxy groups -OCH3 is 2. The van der Waals surface area contributed by atoms with Gasteiger partial charge in [0.2, 0.25) is 5.88 Å². The van der Waals surface area contributed by atoms with Crippen molar-refractivity contribution in [3.05, 3.63) is 77.3 Å². The summed E-state index contributed by atoms with van der Waals surface area (Å²) in [6.45, 7) is 3.34. The van der Waals surface area contributed by atoms with Crippen LogP contribution in [0.5, 0.6) is 17.4 Å². The van der Waals surface area contributed by atoms with E-state index >= 15 is 0 Å². The highest BCUT2D eigenvalue weighted by Crippen LogP contribution is 2.44. The van der Waals surface area contributed by atoms with Crippen LogP contribution in [0, 0.1) is 0 Å². The van der Waals surface area contributed by atoms with Crippen LogP contribution in [0.3, 0.4) is 0 Å². The first-order valence-corrected chi connectivity index (χ1v) is 10.4. The summed E-state index contributed by atoms with van der Waals surface area (Å²) < 4.78 is 18.4. The molecule has 3 heterocycles. The van der Waals surface area contributed by atoms with Crippen LogP contribution >= 0.6 is 0 Å². The van der Waals surface area contributed by atoms with Crippen molar-refractivity contribution < 1.29 is 19.0 Å². The lowest BCUT2D eigenvalue weighted by Crippen LogP contribution is -2.22. The molecule has 0 radical (unpaired) electrons. The summed E-state index contributed by atoms with van der Waals surface area (Å²) in [5, 5.41) is 4.63. The molecule has 0 unspecified atom stereocenters. The number of benzene rings is 2. The van der Waals surface area contributed by atoms with Crippen LogP contribution in [0.4, 0.5) is 0 Å². The van der Waals surface area contributed by atoms with E-state index < -0.39 is 0 Å². The van der Waals surface area contributed by atoms with E-state index in [9.17, 15) is 4.79 Å². The highest BCUT2D eigenvalue weighted by atomic mass is 16.5. The Labute approximate surface area is 190 Å². The molecule has 1 aliphatic heterocycles. The molecule has 1 atom stereocenters. The molecule has 0 fully saturated rings.